The van der Waals surface area contributed by atoms with Gasteiger partial charge in [0.2, 0.25) is 0 Å². The molecular weight excluding hydrogens is 1110 g/mol. The van der Waals surface area contributed by atoms with Gasteiger partial charge in [-0.1, -0.05) is 322 Å². The first-order valence-corrected chi connectivity index (χ1v) is 38.1. The van der Waals surface area contributed by atoms with Crippen molar-refractivity contribution in [2.75, 3.05) is 47.5 Å². The Hall–Kier alpha value is -3.33. The van der Waals surface area contributed by atoms with Gasteiger partial charge in [0.25, 0.3) is 7.82 Å². The lowest BCUT2D eigenvalue weighted by Crippen LogP contribution is -2.37. The molecule has 0 N–H and O–H groups in total. The topological polar surface area (TPSA) is 111 Å². The molecule has 0 saturated carbocycles. The lowest BCUT2D eigenvalue weighted by molar-refractivity contribution is -0.870. The maximum absolute atomic E-state index is 12.8. The van der Waals surface area contributed by atoms with Crippen molar-refractivity contribution >= 4 is 19.8 Å². The molecule has 0 heterocycles. The van der Waals surface area contributed by atoms with Crippen LogP contribution >= 0.6 is 7.82 Å². The highest BCUT2D eigenvalue weighted by Crippen LogP contribution is 2.38. The third-order valence-electron chi connectivity index (χ3n) is 15.8. The Morgan fingerprint density at radius 2 is 0.659 bits per heavy atom. The van der Waals surface area contributed by atoms with Crippen molar-refractivity contribution < 1.29 is 42.1 Å². The largest absolute Gasteiger partial charge is 0.756 e. The molecular formula is C78H138NO8P. The smallest absolute Gasteiger partial charge is 0.306 e. The molecule has 0 bridgehead atoms. The summed E-state index contributed by atoms with van der Waals surface area (Å²) < 4.78 is 34.2. The number of likely N-dealkylation sites (N-methyl/N-ethyl adjacent to an activating group) is 1. The van der Waals surface area contributed by atoms with E-state index in [1.165, 1.54) is 212 Å². The predicted octanol–water partition coefficient (Wildman–Crippen LogP) is 23.4. The monoisotopic (exact) mass is 1250 g/mol. The molecule has 0 aliphatic carbocycles. The van der Waals surface area contributed by atoms with Gasteiger partial charge in [-0.2, -0.15) is 0 Å². The number of nitrogens with zero attached hydrogens (tertiary/aromatic N) is 1. The molecule has 0 spiro atoms. The SMILES string of the molecule is CC/C=C\C/C=C\C/C=C\C/C=C\C/C=C\C/C=C\C/C=C\CCCC(=O)OC(COC(=O)CCCCCCCCCCCCCCCCCCCCCCCCCCCCCCC/C=C\C/C=C\CCCCCCC)COP(=O)([O-])OCC[N+](C)(C)C. The molecule has 2 unspecified atom stereocenters. The molecule has 0 saturated heterocycles. The Labute approximate surface area is 544 Å². The quantitative estimate of drug-likeness (QED) is 0.0195. The molecule has 0 aliphatic rings. The van der Waals surface area contributed by atoms with Gasteiger partial charge in [-0.05, 0) is 96.3 Å². The summed E-state index contributed by atoms with van der Waals surface area (Å²) in [6.07, 6.45) is 96.5. The summed E-state index contributed by atoms with van der Waals surface area (Å²) in [4.78, 5) is 38.0. The summed E-state index contributed by atoms with van der Waals surface area (Å²) in [6, 6.07) is 0. The number of phosphoric acid groups is 1. The molecule has 0 amide bonds. The molecule has 0 aromatic heterocycles. The van der Waals surface area contributed by atoms with E-state index in [-0.39, 0.29) is 26.1 Å². The summed E-state index contributed by atoms with van der Waals surface area (Å²) >= 11 is 0. The fourth-order valence-corrected chi connectivity index (χ4v) is 10.9. The van der Waals surface area contributed by atoms with Crippen molar-refractivity contribution in [3.63, 3.8) is 0 Å². The minimum Gasteiger partial charge on any atom is -0.756 e. The number of hydrogen-bond donors (Lipinski definition) is 0. The van der Waals surface area contributed by atoms with Crippen LogP contribution in [0.15, 0.2) is 109 Å². The molecule has 9 nitrogen and oxygen atoms in total. The molecule has 0 aromatic rings. The summed E-state index contributed by atoms with van der Waals surface area (Å²) in [5.41, 5.74) is 0. The zero-order chi connectivity index (χ0) is 64.1. The number of ether oxygens (including phenoxy) is 2. The summed E-state index contributed by atoms with van der Waals surface area (Å²) in [5, 5.41) is 0. The lowest BCUT2D eigenvalue weighted by Gasteiger charge is -2.28. The van der Waals surface area contributed by atoms with Gasteiger partial charge in [0.15, 0.2) is 6.10 Å². The van der Waals surface area contributed by atoms with Crippen molar-refractivity contribution in [2.24, 2.45) is 0 Å². The van der Waals surface area contributed by atoms with Crippen molar-refractivity contribution in [1.29, 1.82) is 0 Å². The van der Waals surface area contributed by atoms with Crippen LogP contribution in [-0.4, -0.2) is 70.0 Å². The van der Waals surface area contributed by atoms with Crippen molar-refractivity contribution in [1.82, 2.24) is 0 Å². The van der Waals surface area contributed by atoms with Gasteiger partial charge in [0.05, 0.1) is 27.7 Å². The van der Waals surface area contributed by atoms with Crippen LogP contribution in [0.25, 0.3) is 0 Å². The number of carbonyl (C=O) groups excluding carboxylic acids is 2. The minimum atomic E-state index is -4.66. The van der Waals surface area contributed by atoms with Crippen molar-refractivity contribution in [3.05, 3.63) is 109 Å². The van der Waals surface area contributed by atoms with E-state index in [1.807, 2.05) is 27.2 Å². The van der Waals surface area contributed by atoms with Crippen LogP contribution in [0.4, 0.5) is 0 Å². The van der Waals surface area contributed by atoms with Gasteiger partial charge in [-0.25, -0.2) is 0 Å². The number of esters is 2. The summed E-state index contributed by atoms with van der Waals surface area (Å²) in [5.74, 6) is -0.898. The fraction of sp³-hybridized carbons (Fsp3) is 0.744. The molecule has 0 radical (unpaired) electrons. The van der Waals surface area contributed by atoms with Crippen LogP contribution in [0, 0.1) is 0 Å². The maximum atomic E-state index is 12.8. The van der Waals surface area contributed by atoms with Crippen LogP contribution in [0.3, 0.4) is 0 Å². The Bertz CT molecular complexity index is 1850. The van der Waals surface area contributed by atoms with Crippen LogP contribution in [0.1, 0.15) is 322 Å². The molecule has 0 aliphatic heterocycles. The van der Waals surface area contributed by atoms with Crippen molar-refractivity contribution in [2.45, 2.75) is 328 Å². The first-order valence-electron chi connectivity index (χ1n) is 36.6. The van der Waals surface area contributed by atoms with Gasteiger partial charge < -0.3 is 27.9 Å². The number of quaternary nitrogens is 1. The number of unbranched alkanes of at least 4 members (excludes halogenated alkanes) is 35. The second-order valence-corrected chi connectivity index (χ2v) is 27.0. The Balaban J connectivity index is 3.97. The molecule has 0 rings (SSSR count). The third kappa shape index (κ3) is 71.7. The van der Waals surface area contributed by atoms with Gasteiger partial charge in [0.1, 0.15) is 19.8 Å². The molecule has 0 fully saturated rings. The van der Waals surface area contributed by atoms with E-state index in [0.29, 0.717) is 23.9 Å². The summed E-state index contributed by atoms with van der Waals surface area (Å²) in [7, 11) is 1.13. The highest BCUT2D eigenvalue weighted by Gasteiger charge is 2.22. The average Bonchev–Trinajstić information content (AvgIpc) is 3.68. The van der Waals surface area contributed by atoms with Crippen LogP contribution < -0.4 is 4.89 Å². The van der Waals surface area contributed by atoms with Crippen LogP contribution in [0.5, 0.6) is 0 Å². The van der Waals surface area contributed by atoms with E-state index in [1.54, 1.807) is 0 Å². The van der Waals surface area contributed by atoms with E-state index >= 15 is 0 Å². The zero-order valence-electron chi connectivity index (χ0n) is 57.9. The highest BCUT2D eigenvalue weighted by molar-refractivity contribution is 7.45. The van der Waals surface area contributed by atoms with Gasteiger partial charge >= 0.3 is 11.9 Å². The summed E-state index contributed by atoms with van der Waals surface area (Å²) in [6.45, 7) is 4.07. The van der Waals surface area contributed by atoms with Crippen LogP contribution in [0.2, 0.25) is 0 Å². The second-order valence-electron chi connectivity index (χ2n) is 25.6. The number of rotatable bonds is 67. The van der Waals surface area contributed by atoms with Gasteiger partial charge in [-0.3, -0.25) is 14.2 Å². The fourth-order valence-electron chi connectivity index (χ4n) is 10.2. The third-order valence-corrected chi connectivity index (χ3v) is 16.7. The normalized spacial score (nSPS) is 13.8. The minimum absolute atomic E-state index is 0.0456. The highest BCUT2D eigenvalue weighted by atomic mass is 31.2. The Morgan fingerprint density at radius 1 is 0.364 bits per heavy atom. The number of hydrogen-bond acceptors (Lipinski definition) is 8. The van der Waals surface area contributed by atoms with E-state index < -0.39 is 32.5 Å². The van der Waals surface area contributed by atoms with E-state index in [2.05, 4.69) is 117 Å². The molecule has 88 heavy (non-hydrogen) atoms. The molecule has 10 heteroatoms. The number of phosphoric ester groups is 1. The number of allylic oxidation sites excluding steroid dienone is 18. The predicted molar refractivity (Wildman–Crippen MR) is 378 cm³/mol. The first kappa shape index (κ1) is 84.7. The Morgan fingerprint density at radius 3 is 1.00 bits per heavy atom. The Kier molecular flexibility index (Phi) is 65.5. The van der Waals surface area contributed by atoms with Crippen LogP contribution in [-0.2, 0) is 32.7 Å². The van der Waals surface area contributed by atoms with E-state index in [4.69, 9.17) is 18.5 Å². The lowest BCUT2D eigenvalue weighted by atomic mass is 10.0. The molecule has 0 aromatic carbocycles. The molecule has 508 valence electrons. The number of carbonyl (C=O) groups is 2. The van der Waals surface area contributed by atoms with Gasteiger partial charge in [-0.15, -0.1) is 0 Å². The van der Waals surface area contributed by atoms with Crippen molar-refractivity contribution in [3.8, 4) is 0 Å². The van der Waals surface area contributed by atoms with Gasteiger partial charge in [0, 0.05) is 12.8 Å². The second kappa shape index (κ2) is 68.0. The standard InChI is InChI=1S/C78H138NO8P/c1-6-8-10-12-14-16-18-20-22-24-26-28-30-31-32-33-34-35-36-37-38-39-40-41-42-43-44-45-46-47-49-50-52-54-56-58-60-62-64-66-68-70-77(80)84-74-76(75-86-88(82,83)85-73-72-79(3,4)5)87-78(81)71-69-67-65-63-61-59-57-55-53-51-48-29-27-25-23-21-19-17-15-13-11-9-7-2/h9,11,15,17-18,20-21,23-24,26-27,29,51,53,57,59,63,65,76H,6-8,10,12-14,16,19,22,25,28,30-50,52,54-56,58,60-62,64,66-75H2,1-5H3/b11-9-,17-15-,20-18-,23-21-,26-24-,29-27-,53-51-,59-57-,65-63-. The maximum Gasteiger partial charge on any atom is 0.306 e. The first-order chi connectivity index (χ1) is 43.0. The zero-order valence-corrected chi connectivity index (χ0v) is 58.8. The van der Waals surface area contributed by atoms with E-state index in [0.717, 1.165) is 70.6 Å². The molecule has 2 atom stereocenters. The average molecular weight is 1250 g/mol. The van der Waals surface area contributed by atoms with E-state index in [9.17, 15) is 19.0 Å².